The average molecular weight is 334 g/mol. The molecule has 100 valence electrons. The fraction of sp³-hybridized carbons (Fsp3) is 0.500. The highest BCUT2D eigenvalue weighted by Crippen LogP contribution is 2.28. The van der Waals surface area contributed by atoms with Crippen LogP contribution in [0.2, 0.25) is 0 Å². The van der Waals surface area contributed by atoms with E-state index in [4.69, 9.17) is 0 Å². The minimum Gasteiger partial charge on any atom is -0.395 e. The van der Waals surface area contributed by atoms with Gasteiger partial charge in [0, 0.05) is 17.1 Å². The van der Waals surface area contributed by atoms with E-state index in [0.717, 1.165) is 22.9 Å². The van der Waals surface area contributed by atoms with Gasteiger partial charge < -0.3 is 5.11 Å². The number of aliphatic hydroxyl groups excluding tert-OH is 1. The van der Waals surface area contributed by atoms with Gasteiger partial charge in [0.1, 0.15) is 0 Å². The lowest BCUT2D eigenvalue weighted by atomic mass is 10.2. The van der Waals surface area contributed by atoms with Crippen molar-refractivity contribution < 1.29 is 13.5 Å². The van der Waals surface area contributed by atoms with Gasteiger partial charge in [0.15, 0.2) is 0 Å². The van der Waals surface area contributed by atoms with E-state index in [9.17, 15) is 13.5 Å². The van der Waals surface area contributed by atoms with Crippen molar-refractivity contribution in [2.24, 2.45) is 0 Å². The van der Waals surface area contributed by atoms with Gasteiger partial charge in [-0.3, -0.25) is 0 Å². The zero-order chi connectivity index (χ0) is 13.3. The summed E-state index contributed by atoms with van der Waals surface area (Å²) in [6.07, 6.45) is 1.53. The van der Waals surface area contributed by atoms with Crippen LogP contribution >= 0.6 is 15.9 Å². The monoisotopic (exact) mass is 333 g/mol. The molecule has 1 fully saturated rings. The van der Waals surface area contributed by atoms with E-state index in [1.165, 1.54) is 4.31 Å². The Bertz CT molecular complexity index is 544. The number of aryl methyl sites for hydroxylation is 1. The van der Waals surface area contributed by atoms with Gasteiger partial charge in [0.05, 0.1) is 11.5 Å². The molecule has 0 spiro atoms. The molecule has 1 aliphatic rings. The average Bonchev–Trinajstić information content (AvgIpc) is 2.81. The van der Waals surface area contributed by atoms with Crippen molar-refractivity contribution in [2.75, 3.05) is 13.2 Å². The summed E-state index contributed by atoms with van der Waals surface area (Å²) in [5.41, 5.74) is 0.995. The largest absolute Gasteiger partial charge is 0.395 e. The van der Waals surface area contributed by atoms with Crippen molar-refractivity contribution in [1.82, 2.24) is 4.31 Å². The van der Waals surface area contributed by atoms with Crippen molar-refractivity contribution in [2.45, 2.75) is 30.7 Å². The Morgan fingerprint density at radius 3 is 2.83 bits per heavy atom. The zero-order valence-electron chi connectivity index (χ0n) is 10.1. The minimum absolute atomic E-state index is 0.119. The highest BCUT2D eigenvalue weighted by atomic mass is 79.9. The lowest BCUT2D eigenvalue weighted by Crippen LogP contribution is -2.37. The van der Waals surface area contributed by atoms with Crippen LogP contribution in [0.1, 0.15) is 18.4 Å². The van der Waals surface area contributed by atoms with Gasteiger partial charge in [0.25, 0.3) is 0 Å². The van der Waals surface area contributed by atoms with Gasteiger partial charge in [-0.05, 0) is 37.5 Å². The molecule has 0 aromatic heterocycles. The van der Waals surface area contributed by atoms with E-state index >= 15 is 0 Å². The predicted molar refractivity (Wildman–Crippen MR) is 72.9 cm³/mol. The number of rotatable bonds is 3. The van der Waals surface area contributed by atoms with Crippen molar-refractivity contribution in [3.05, 3.63) is 28.2 Å². The van der Waals surface area contributed by atoms with Gasteiger partial charge in [-0.15, -0.1) is 0 Å². The molecule has 1 aliphatic heterocycles. The van der Waals surface area contributed by atoms with Gasteiger partial charge in [0.2, 0.25) is 10.0 Å². The molecule has 1 atom stereocenters. The number of hydrogen-bond donors (Lipinski definition) is 1. The van der Waals surface area contributed by atoms with Gasteiger partial charge in [-0.25, -0.2) is 8.42 Å². The second-order valence-corrected chi connectivity index (χ2v) is 7.25. The Hall–Kier alpha value is -0.430. The van der Waals surface area contributed by atoms with Gasteiger partial charge in [-0.1, -0.05) is 22.0 Å². The quantitative estimate of drug-likeness (QED) is 0.919. The standard InChI is InChI=1S/C12H16BrNO3S/c1-9-4-5-11(7-12(9)13)18(16,17)14-6-2-3-10(14)8-15/h4-5,7,10,15H,2-3,6,8H2,1H3/t10-/m1/s1. The molecular formula is C12H16BrNO3S. The molecule has 6 heteroatoms. The molecule has 0 radical (unpaired) electrons. The molecule has 2 rings (SSSR count). The second kappa shape index (κ2) is 5.28. The summed E-state index contributed by atoms with van der Waals surface area (Å²) >= 11 is 3.35. The maximum Gasteiger partial charge on any atom is 0.243 e. The number of benzene rings is 1. The van der Waals surface area contributed by atoms with E-state index in [2.05, 4.69) is 15.9 Å². The number of nitrogens with zero attached hydrogens (tertiary/aromatic N) is 1. The van der Waals surface area contributed by atoms with Crippen LogP contribution in [0, 0.1) is 6.92 Å². The normalized spacial score (nSPS) is 21.4. The summed E-state index contributed by atoms with van der Waals surface area (Å²) in [6.45, 7) is 2.28. The molecule has 18 heavy (non-hydrogen) atoms. The first-order chi connectivity index (χ1) is 8.46. The fourth-order valence-electron chi connectivity index (χ4n) is 2.18. The third-order valence-electron chi connectivity index (χ3n) is 3.28. The second-order valence-electron chi connectivity index (χ2n) is 4.51. The molecule has 0 aliphatic carbocycles. The van der Waals surface area contributed by atoms with Gasteiger partial charge in [-0.2, -0.15) is 4.31 Å². The Kier molecular flexibility index (Phi) is 4.11. The molecule has 0 bridgehead atoms. The summed E-state index contributed by atoms with van der Waals surface area (Å²) in [5, 5.41) is 9.23. The highest BCUT2D eigenvalue weighted by Gasteiger charge is 2.34. The van der Waals surface area contributed by atoms with Crippen LogP contribution in [0.3, 0.4) is 0 Å². The molecule has 1 aromatic carbocycles. The molecule has 1 heterocycles. The van der Waals surface area contributed by atoms with Crippen LogP contribution in [-0.4, -0.2) is 37.0 Å². The lowest BCUT2D eigenvalue weighted by Gasteiger charge is -2.22. The first kappa shape index (κ1) is 14.0. The van der Waals surface area contributed by atoms with Crippen molar-refractivity contribution in [3.8, 4) is 0 Å². The maximum atomic E-state index is 12.5. The van der Waals surface area contributed by atoms with Crippen molar-refractivity contribution >= 4 is 26.0 Å². The number of hydrogen-bond acceptors (Lipinski definition) is 3. The molecule has 1 N–H and O–H groups in total. The van der Waals surface area contributed by atoms with Crippen molar-refractivity contribution in [1.29, 1.82) is 0 Å². The Morgan fingerprint density at radius 2 is 2.22 bits per heavy atom. The number of aliphatic hydroxyl groups is 1. The maximum absolute atomic E-state index is 12.5. The minimum atomic E-state index is -3.50. The zero-order valence-corrected chi connectivity index (χ0v) is 12.5. The van der Waals surface area contributed by atoms with Crippen LogP contribution in [0.4, 0.5) is 0 Å². The van der Waals surface area contributed by atoms with E-state index in [0.29, 0.717) is 6.54 Å². The third kappa shape index (κ3) is 2.47. The summed E-state index contributed by atoms with van der Waals surface area (Å²) in [6, 6.07) is 4.73. The van der Waals surface area contributed by atoms with Crippen LogP contribution < -0.4 is 0 Å². The smallest absolute Gasteiger partial charge is 0.243 e. The van der Waals surface area contributed by atoms with Crippen LogP contribution in [-0.2, 0) is 10.0 Å². The first-order valence-electron chi connectivity index (χ1n) is 5.85. The molecule has 0 amide bonds. The fourth-order valence-corrected chi connectivity index (χ4v) is 4.42. The summed E-state index contributed by atoms with van der Waals surface area (Å²) in [5.74, 6) is 0. The first-order valence-corrected chi connectivity index (χ1v) is 8.09. The Balaban J connectivity index is 2.38. The summed E-state index contributed by atoms with van der Waals surface area (Å²) in [7, 11) is -3.50. The van der Waals surface area contributed by atoms with Crippen molar-refractivity contribution in [3.63, 3.8) is 0 Å². The Morgan fingerprint density at radius 1 is 1.50 bits per heavy atom. The third-order valence-corrected chi connectivity index (χ3v) is 6.09. The highest BCUT2D eigenvalue weighted by molar-refractivity contribution is 9.10. The van der Waals surface area contributed by atoms with E-state index < -0.39 is 10.0 Å². The van der Waals surface area contributed by atoms with Gasteiger partial charge >= 0.3 is 0 Å². The Labute approximate surface area is 116 Å². The molecule has 0 unspecified atom stereocenters. The molecule has 0 saturated carbocycles. The SMILES string of the molecule is Cc1ccc(S(=O)(=O)N2CCC[C@@H]2CO)cc1Br. The van der Waals surface area contributed by atoms with Crippen LogP contribution in [0.25, 0.3) is 0 Å². The molecule has 4 nitrogen and oxygen atoms in total. The topological polar surface area (TPSA) is 57.6 Å². The van der Waals surface area contributed by atoms with E-state index in [1.807, 2.05) is 6.92 Å². The number of sulfonamides is 1. The number of halogens is 1. The van der Waals surface area contributed by atoms with Crippen LogP contribution in [0.15, 0.2) is 27.6 Å². The predicted octanol–water partition coefficient (Wildman–Crippen LogP) is 1.90. The molecule has 1 saturated heterocycles. The van der Waals surface area contributed by atoms with E-state index in [-0.39, 0.29) is 17.5 Å². The summed E-state index contributed by atoms with van der Waals surface area (Å²) < 4.78 is 27.1. The lowest BCUT2D eigenvalue weighted by molar-refractivity contribution is 0.213. The van der Waals surface area contributed by atoms with E-state index in [1.54, 1.807) is 18.2 Å². The molecule has 1 aromatic rings. The summed E-state index contributed by atoms with van der Waals surface area (Å²) in [4.78, 5) is 0.278. The van der Waals surface area contributed by atoms with Crippen LogP contribution in [0.5, 0.6) is 0 Å². The molecular weight excluding hydrogens is 318 g/mol.